The first-order valence-corrected chi connectivity index (χ1v) is 8.05. The van der Waals surface area contributed by atoms with Crippen molar-refractivity contribution in [1.29, 1.82) is 0 Å². The Bertz CT molecular complexity index is 747. The number of halogens is 2. The number of rotatable bonds is 2. The molecule has 2 amide bonds. The molecule has 1 fully saturated rings. The zero-order valence-corrected chi connectivity index (χ0v) is 13.6. The number of benzene rings is 1. The first-order valence-electron chi connectivity index (χ1n) is 6.53. The van der Waals surface area contributed by atoms with E-state index in [-0.39, 0.29) is 18.4 Å². The number of nitrogens with one attached hydrogen (secondary N) is 1. The number of nitrogens with zero attached hydrogens (tertiary/aromatic N) is 2. The molecule has 8 heteroatoms. The fraction of sp³-hybridized carbons (Fsp3) is 0.214. The van der Waals surface area contributed by atoms with Crippen molar-refractivity contribution in [2.45, 2.75) is 0 Å². The largest absolute Gasteiger partial charge is 0.353 e. The number of carbonyl (C=O) groups excluding carboxylic acids is 2. The van der Waals surface area contributed by atoms with E-state index in [1.54, 1.807) is 24.3 Å². The molecule has 5 nitrogen and oxygen atoms in total. The third kappa shape index (κ3) is 3.09. The Morgan fingerprint density at radius 2 is 2.09 bits per heavy atom. The highest BCUT2D eigenvalue weighted by molar-refractivity contribution is 7.08. The maximum absolute atomic E-state index is 12.4. The first kappa shape index (κ1) is 15.3. The average Bonchev–Trinajstić information content (AvgIpc) is 2.99. The summed E-state index contributed by atoms with van der Waals surface area (Å²) in [4.78, 5) is 25.8. The predicted octanol–water partition coefficient (Wildman–Crippen LogP) is 2.69. The Labute approximate surface area is 141 Å². The number of carbonyl (C=O) groups is 2. The van der Waals surface area contributed by atoms with Crippen LogP contribution in [0.1, 0.15) is 9.67 Å². The van der Waals surface area contributed by atoms with Crippen LogP contribution in [0, 0.1) is 0 Å². The SMILES string of the molecule is O=C1CN(C(=O)c2cc(-c3ccc(Cl)c(Cl)c3)ns2)CCN1. The molecular weight excluding hydrogens is 345 g/mol. The van der Waals surface area contributed by atoms with E-state index >= 15 is 0 Å². The van der Waals surface area contributed by atoms with Gasteiger partial charge in [-0.05, 0) is 29.7 Å². The van der Waals surface area contributed by atoms with Crippen molar-refractivity contribution in [1.82, 2.24) is 14.6 Å². The van der Waals surface area contributed by atoms with Crippen molar-refractivity contribution in [3.8, 4) is 11.3 Å². The minimum atomic E-state index is -0.182. The summed E-state index contributed by atoms with van der Waals surface area (Å²) < 4.78 is 4.28. The molecule has 0 spiro atoms. The molecule has 1 aliphatic heterocycles. The molecule has 1 aromatic heterocycles. The Morgan fingerprint density at radius 3 is 2.82 bits per heavy atom. The second-order valence-corrected chi connectivity index (χ2v) is 6.40. The van der Waals surface area contributed by atoms with E-state index in [0.717, 1.165) is 17.1 Å². The van der Waals surface area contributed by atoms with Crippen LogP contribution in [0.4, 0.5) is 0 Å². The van der Waals surface area contributed by atoms with Crippen molar-refractivity contribution in [3.63, 3.8) is 0 Å². The van der Waals surface area contributed by atoms with E-state index in [2.05, 4.69) is 9.69 Å². The van der Waals surface area contributed by atoms with E-state index < -0.39 is 0 Å². The van der Waals surface area contributed by atoms with Gasteiger partial charge in [-0.2, -0.15) is 4.37 Å². The molecule has 0 unspecified atom stereocenters. The summed E-state index contributed by atoms with van der Waals surface area (Å²) in [6.07, 6.45) is 0. The molecule has 0 saturated carbocycles. The van der Waals surface area contributed by atoms with Gasteiger partial charge in [0, 0.05) is 18.7 Å². The summed E-state index contributed by atoms with van der Waals surface area (Å²) in [6.45, 7) is 1.06. The minimum absolute atomic E-state index is 0.0822. The van der Waals surface area contributed by atoms with Gasteiger partial charge in [0.05, 0.1) is 22.3 Å². The molecule has 0 atom stereocenters. The number of amides is 2. The van der Waals surface area contributed by atoms with Crippen LogP contribution in [0.5, 0.6) is 0 Å². The maximum atomic E-state index is 12.4. The Balaban J connectivity index is 1.82. The molecule has 3 rings (SSSR count). The smallest absolute Gasteiger partial charge is 0.266 e. The van der Waals surface area contributed by atoms with Gasteiger partial charge in [0.25, 0.3) is 5.91 Å². The van der Waals surface area contributed by atoms with Gasteiger partial charge in [0.2, 0.25) is 5.91 Å². The van der Waals surface area contributed by atoms with Crippen LogP contribution in [-0.4, -0.2) is 40.7 Å². The molecule has 2 aromatic rings. The number of hydrogen-bond acceptors (Lipinski definition) is 4. The van der Waals surface area contributed by atoms with Crippen LogP contribution in [0.2, 0.25) is 10.0 Å². The lowest BCUT2D eigenvalue weighted by molar-refractivity contribution is -0.123. The fourth-order valence-electron chi connectivity index (χ4n) is 2.14. The van der Waals surface area contributed by atoms with E-state index in [9.17, 15) is 9.59 Å². The minimum Gasteiger partial charge on any atom is -0.353 e. The van der Waals surface area contributed by atoms with Crippen LogP contribution in [-0.2, 0) is 4.79 Å². The lowest BCUT2D eigenvalue weighted by Crippen LogP contribution is -2.49. The maximum Gasteiger partial charge on any atom is 0.266 e. The third-order valence-corrected chi connectivity index (χ3v) is 4.78. The highest BCUT2D eigenvalue weighted by Crippen LogP contribution is 2.29. The van der Waals surface area contributed by atoms with Crippen molar-refractivity contribution in [2.24, 2.45) is 0 Å². The van der Waals surface area contributed by atoms with Crippen LogP contribution >= 0.6 is 34.7 Å². The van der Waals surface area contributed by atoms with Gasteiger partial charge in [-0.1, -0.05) is 29.3 Å². The summed E-state index contributed by atoms with van der Waals surface area (Å²) in [5.74, 6) is -0.326. The standard InChI is InChI=1S/C14H11Cl2N3O2S/c15-9-2-1-8(5-10(9)16)11-6-12(22-18-11)14(21)19-4-3-17-13(20)7-19/h1-2,5-6H,3-4,7H2,(H,17,20). The second-order valence-electron chi connectivity index (χ2n) is 4.78. The van der Waals surface area contributed by atoms with Gasteiger partial charge in [0.15, 0.2) is 0 Å². The molecule has 1 aromatic carbocycles. The molecule has 1 aliphatic rings. The topological polar surface area (TPSA) is 62.3 Å². The Kier molecular flexibility index (Phi) is 4.33. The van der Waals surface area contributed by atoms with Gasteiger partial charge >= 0.3 is 0 Å². The molecule has 0 radical (unpaired) electrons. The van der Waals surface area contributed by atoms with E-state index in [0.29, 0.717) is 33.7 Å². The molecule has 1 N–H and O–H groups in total. The molecule has 0 aliphatic carbocycles. The van der Waals surface area contributed by atoms with Gasteiger partial charge in [-0.3, -0.25) is 9.59 Å². The van der Waals surface area contributed by atoms with Gasteiger partial charge < -0.3 is 10.2 Å². The molecule has 114 valence electrons. The second kappa shape index (κ2) is 6.24. The summed E-state index contributed by atoms with van der Waals surface area (Å²) in [5.41, 5.74) is 1.45. The molecule has 2 heterocycles. The fourth-order valence-corrected chi connectivity index (χ4v) is 3.16. The highest BCUT2D eigenvalue weighted by Gasteiger charge is 2.24. The van der Waals surface area contributed by atoms with Crippen molar-refractivity contribution in [2.75, 3.05) is 19.6 Å². The Morgan fingerprint density at radius 1 is 1.27 bits per heavy atom. The van der Waals surface area contributed by atoms with Gasteiger partial charge in [0.1, 0.15) is 4.88 Å². The number of aromatic nitrogens is 1. The summed E-state index contributed by atoms with van der Waals surface area (Å²) in [5, 5.41) is 3.60. The number of piperazine rings is 1. The summed E-state index contributed by atoms with van der Waals surface area (Å²) >= 11 is 13.0. The zero-order valence-electron chi connectivity index (χ0n) is 11.3. The number of hydrogen-bond donors (Lipinski definition) is 1. The van der Waals surface area contributed by atoms with E-state index in [1.165, 1.54) is 4.90 Å². The quantitative estimate of drug-likeness (QED) is 0.900. The van der Waals surface area contributed by atoms with Gasteiger partial charge in [-0.25, -0.2) is 0 Å². The van der Waals surface area contributed by atoms with Crippen LogP contribution < -0.4 is 5.32 Å². The summed E-state index contributed by atoms with van der Waals surface area (Å²) in [7, 11) is 0. The molecule has 0 bridgehead atoms. The zero-order chi connectivity index (χ0) is 15.7. The third-order valence-electron chi connectivity index (χ3n) is 3.26. The van der Waals surface area contributed by atoms with Crippen molar-refractivity contribution >= 4 is 46.5 Å². The lowest BCUT2D eigenvalue weighted by Gasteiger charge is -2.25. The van der Waals surface area contributed by atoms with Crippen LogP contribution in [0.25, 0.3) is 11.3 Å². The first-order chi connectivity index (χ1) is 10.5. The van der Waals surface area contributed by atoms with Crippen LogP contribution in [0.15, 0.2) is 24.3 Å². The normalized spacial score (nSPS) is 14.8. The summed E-state index contributed by atoms with van der Waals surface area (Å²) in [6, 6.07) is 6.90. The lowest BCUT2D eigenvalue weighted by atomic mass is 10.1. The van der Waals surface area contributed by atoms with Crippen LogP contribution in [0.3, 0.4) is 0 Å². The molecule has 22 heavy (non-hydrogen) atoms. The van der Waals surface area contributed by atoms with E-state index in [1.807, 2.05) is 0 Å². The average molecular weight is 356 g/mol. The molecular formula is C14H11Cl2N3O2S. The molecule has 1 saturated heterocycles. The predicted molar refractivity (Wildman–Crippen MR) is 86.5 cm³/mol. The van der Waals surface area contributed by atoms with Crippen molar-refractivity contribution in [3.05, 3.63) is 39.2 Å². The van der Waals surface area contributed by atoms with Gasteiger partial charge in [-0.15, -0.1) is 0 Å². The van der Waals surface area contributed by atoms with E-state index in [4.69, 9.17) is 23.2 Å². The monoisotopic (exact) mass is 355 g/mol. The van der Waals surface area contributed by atoms with Crippen molar-refractivity contribution < 1.29 is 9.59 Å². The highest BCUT2D eigenvalue weighted by atomic mass is 35.5. The Hall–Kier alpha value is -1.63.